The van der Waals surface area contributed by atoms with Gasteiger partial charge in [0.15, 0.2) is 11.6 Å². The van der Waals surface area contributed by atoms with Crippen molar-refractivity contribution in [3.63, 3.8) is 0 Å². The van der Waals surface area contributed by atoms with E-state index >= 15 is 0 Å². The number of benzene rings is 2. The first-order chi connectivity index (χ1) is 8.52. The molecule has 2 N–H and O–H groups in total. The Hall–Kier alpha value is -1.74. The third kappa shape index (κ3) is 2.14. The van der Waals surface area contributed by atoms with E-state index in [1.54, 1.807) is 0 Å². The highest BCUT2D eigenvalue weighted by Gasteiger charge is 2.19. The maximum absolute atomic E-state index is 13.7. The molecule has 0 fully saturated rings. The highest BCUT2D eigenvalue weighted by molar-refractivity contribution is 5.42. The molecule has 3 heteroatoms. The smallest absolute Gasteiger partial charge is 0.163 e. The Morgan fingerprint density at radius 3 is 2.11 bits per heavy atom. The minimum Gasteiger partial charge on any atom is -0.320 e. The maximum atomic E-state index is 13.7. The van der Waals surface area contributed by atoms with Crippen molar-refractivity contribution in [3.05, 3.63) is 70.3 Å². The molecule has 2 rings (SSSR count). The van der Waals surface area contributed by atoms with Crippen LogP contribution in [0.4, 0.5) is 8.78 Å². The average Bonchev–Trinajstić information content (AvgIpc) is 2.32. The fraction of sp³-hybridized carbons (Fsp3) is 0.200. The first-order valence-corrected chi connectivity index (χ1v) is 5.78. The van der Waals surface area contributed by atoms with Gasteiger partial charge in [0.25, 0.3) is 0 Å². The summed E-state index contributed by atoms with van der Waals surface area (Å²) in [4.78, 5) is 0. The Labute approximate surface area is 105 Å². The number of hydrogen-bond donors (Lipinski definition) is 1. The number of halogens is 2. The van der Waals surface area contributed by atoms with Crippen LogP contribution in [-0.4, -0.2) is 0 Å². The normalized spacial score (nSPS) is 12.5. The second-order valence-corrected chi connectivity index (χ2v) is 4.43. The van der Waals surface area contributed by atoms with Gasteiger partial charge in [-0.2, -0.15) is 0 Å². The molecule has 1 atom stereocenters. The molecule has 0 aromatic heterocycles. The third-order valence-electron chi connectivity index (χ3n) is 3.17. The molecule has 0 saturated heterocycles. The van der Waals surface area contributed by atoms with Crippen LogP contribution in [0.1, 0.15) is 28.3 Å². The average molecular weight is 247 g/mol. The van der Waals surface area contributed by atoms with Crippen LogP contribution in [0.15, 0.2) is 36.4 Å². The molecule has 0 aliphatic rings. The summed E-state index contributed by atoms with van der Waals surface area (Å²) in [7, 11) is 0. The molecule has 0 aliphatic carbocycles. The molecule has 1 nitrogen and oxygen atoms in total. The minimum atomic E-state index is -0.868. The summed E-state index contributed by atoms with van der Waals surface area (Å²) >= 11 is 0. The van der Waals surface area contributed by atoms with E-state index in [0.717, 1.165) is 22.8 Å². The van der Waals surface area contributed by atoms with Crippen molar-refractivity contribution in [3.8, 4) is 0 Å². The Bertz CT molecular complexity index is 558. The lowest BCUT2D eigenvalue weighted by molar-refractivity contribution is 0.494. The first kappa shape index (κ1) is 12.7. The van der Waals surface area contributed by atoms with Gasteiger partial charge in [-0.1, -0.05) is 30.3 Å². The Morgan fingerprint density at radius 2 is 1.50 bits per heavy atom. The lowest BCUT2D eigenvalue weighted by atomic mass is 9.92. The molecule has 1 unspecified atom stereocenters. The minimum absolute atomic E-state index is 0.187. The highest BCUT2D eigenvalue weighted by atomic mass is 19.2. The lowest BCUT2D eigenvalue weighted by Gasteiger charge is -2.18. The van der Waals surface area contributed by atoms with Crippen molar-refractivity contribution >= 4 is 0 Å². The van der Waals surface area contributed by atoms with Crippen LogP contribution in [-0.2, 0) is 0 Å². The summed E-state index contributed by atoms with van der Waals surface area (Å²) < 4.78 is 27.0. The van der Waals surface area contributed by atoms with Crippen molar-refractivity contribution < 1.29 is 8.78 Å². The molecule has 2 aromatic carbocycles. The van der Waals surface area contributed by atoms with Gasteiger partial charge in [0, 0.05) is 5.56 Å². The zero-order valence-electron chi connectivity index (χ0n) is 10.4. The highest BCUT2D eigenvalue weighted by Crippen LogP contribution is 2.28. The van der Waals surface area contributed by atoms with Crippen LogP contribution in [0.3, 0.4) is 0 Å². The largest absolute Gasteiger partial charge is 0.320 e. The van der Waals surface area contributed by atoms with E-state index in [1.165, 1.54) is 12.1 Å². The van der Waals surface area contributed by atoms with Crippen molar-refractivity contribution in [1.29, 1.82) is 0 Å². The fourth-order valence-electron chi connectivity index (χ4n) is 2.23. The first-order valence-electron chi connectivity index (χ1n) is 5.78. The van der Waals surface area contributed by atoms with Gasteiger partial charge < -0.3 is 5.73 Å². The van der Waals surface area contributed by atoms with Crippen molar-refractivity contribution in [2.75, 3.05) is 0 Å². The molecule has 0 bridgehead atoms. The predicted molar refractivity (Wildman–Crippen MR) is 68.3 cm³/mol. The Kier molecular flexibility index (Phi) is 3.43. The van der Waals surface area contributed by atoms with Crippen molar-refractivity contribution in [1.82, 2.24) is 0 Å². The topological polar surface area (TPSA) is 26.0 Å². The van der Waals surface area contributed by atoms with Gasteiger partial charge in [-0.05, 0) is 36.6 Å². The predicted octanol–water partition coefficient (Wildman–Crippen LogP) is 3.63. The molecule has 0 saturated carbocycles. The third-order valence-corrected chi connectivity index (χ3v) is 3.17. The van der Waals surface area contributed by atoms with E-state index in [9.17, 15) is 8.78 Å². The number of rotatable bonds is 2. The van der Waals surface area contributed by atoms with Gasteiger partial charge in [-0.15, -0.1) is 0 Å². The van der Waals surface area contributed by atoms with Crippen LogP contribution < -0.4 is 5.73 Å². The molecule has 18 heavy (non-hydrogen) atoms. The van der Waals surface area contributed by atoms with Gasteiger partial charge in [-0.3, -0.25) is 0 Å². The molecule has 0 spiro atoms. The van der Waals surface area contributed by atoms with Crippen LogP contribution >= 0.6 is 0 Å². The zero-order chi connectivity index (χ0) is 13.3. The zero-order valence-corrected chi connectivity index (χ0v) is 10.4. The van der Waals surface area contributed by atoms with E-state index in [2.05, 4.69) is 0 Å². The molecule has 0 aliphatic heterocycles. The van der Waals surface area contributed by atoms with Crippen molar-refractivity contribution in [2.24, 2.45) is 5.73 Å². The SMILES string of the molecule is Cc1cccc(C)c1C(N)c1cccc(F)c1F. The van der Waals surface area contributed by atoms with Crippen LogP contribution in [0.5, 0.6) is 0 Å². The van der Waals surface area contributed by atoms with Gasteiger partial charge in [-0.25, -0.2) is 8.78 Å². The van der Waals surface area contributed by atoms with Gasteiger partial charge in [0.2, 0.25) is 0 Å². The standard InChI is InChI=1S/C15H15F2N/c1-9-5-3-6-10(2)13(9)15(18)11-7-4-8-12(16)14(11)17/h3-8,15H,18H2,1-2H3. The molecule has 0 radical (unpaired) electrons. The molecule has 0 amide bonds. The van der Waals surface area contributed by atoms with E-state index in [-0.39, 0.29) is 5.56 Å². The van der Waals surface area contributed by atoms with Gasteiger partial charge >= 0.3 is 0 Å². The number of aryl methyl sites for hydroxylation is 2. The summed E-state index contributed by atoms with van der Waals surface area (Å²) in [6.07, 6.45) is 0. The Balaban J connectivity index is 2.55. The summed E-state index contributed by atoms with van der Waals surface area (Å²) in [5, 5.41) is 0. The Morgan fingerprint density at radius 1 is 0.944 bits per heavy atom. The quantitative estimate of drug-likeness (QED) is 0.861. The maximum Gasteiger partial charge on any atom is 0.163 e. The van der Waals surface area contributed by atoms with Crippen molar-refractivity contribution in [2.45, 2.75) is 19.9 Å². The van der Waals surface area contributed by atoms with E-state index in [0.29, 0.717) is 0 Å². The molecule has 94 valence electrons. The molecule has 0 heterocycles. The second kappa shape index (κ2) is 4.86. The summed E-state index contributed by atoms with van der Waals surface area (Å²) in [6, 6.07) is 9.19. The monoisotopic (exact) mass is 247 g/mol. The van der Waals surface area contributed by atoms with Crippen LogP contribution in [0.25, 0.3) is 0 Å². The summed E-state index contributed by atoms with van der Waals surface area (Å²) in [5.74, 6) is -1.73. The van der Waals surface area contributed by atoms with E-state index in [4.69, 9.17) is 5.73 Å². The second-order valence-electron chi connectivity index (χ2n) is 4.43. The van der Waals surface area contributed by atoms with Gasteiger partial charge in [0.05, 0.1) is 6.04 Å². The van der Waals surface area contributed by atoms with E-state index < -0.39 is 17.7 Å². The summed E-state index contributed by atoms with van der Waals surface area (Å²) in [5.41, 5.74) is 9.07. The number of nitrogens with two attached hydrogens (primary N) is 1. The molecular weight excluding hydrogens is 232 g/mol. The molecule has 2 aromatic rings. The van der Waals surface area contributed by atoms with Crippen LogP contribution in [0.2, 0.25) is 0 Å². The number of hydrogen-bond acceptors (Lipinski definition) is 1. The van der Waals surface area contributed by atoms with Gasteiger partial charge in [0.1, 0.15) is 0 Å². The van der Waals surface area contributed by atoms with E-state index in [1.807, 2.05) is 32.0 Å². The lowest BCUT2D eigenvalue weighted by Crippen LogP contribution is -2.17. The summed E-state index contributed by atoms with van der Waals surface area (Å²) in [6.45, 7) is 3.83. The molecular formula is C15H15F2N. The fourth-order valence-corrected chi connectivity index (χ4v) is 2.23. The van der Waals surface area contributed by atoms with Crippen LogP contribution in [0, 0.1) is 25.5 Å².